The fourth-order valence-corrected chi connectivity index (χ4v) is 5.02. The van der Waals surface area contributed by atoms with Crippen molar-refractivity contribution in [2.75, 3.05) is 39.3 Å². The molecule has 0 atom stereocenters. The van der Waals surface area contributed by atoms with Crippen LogP contribution < -0.4 is 0 Å². The van der Waals surface area contributed by atoms with Gasteiger partial charge in [0.2, 0.25) is 0 Å². The molecule has 0 amide bonds. The highest BCUT2D eigenvalue weighted by Gasteiger charge is 2.40. The molecule has 2 fully saturated rings. The van der Waals surface area contributed by atoms with Gasteiger partial charge in [-0.15, -0.1) is 4.40 Å². The van der Waals surface area contributed by atoms with Crippen LogP contribution in [0.4, 0.5) is 0 Å². The van der Waals surface area contributed by atoms with Crippen molar-refractivity contribution in [2.24, 2.45) is 4.40 Å². The Morgan fingerprint density at radius 2 is 1.75 bits per heavy atom. The van der Waals surface area contributed by atoms with E-state index in [4.69, 9.17) is 0 Å². The molecule has 2 saturated heterocycles. The molecular weight excluding hydrogens is 324 g/mol. The summed E-state index contributed by atoms with van der Waals surface area (Å²) >= 11 is 0. The second kappa shape index (κ2) is 5.82. The van der Waals surface area contributed by atoms with Gasteiger partial charge in [0.25, 0.3) is 10.0 Å². The second-order valence-electron chi connectivity index (χ2n) is 7.11. The lowest BCUT2D eigenvalue weighted by Crippen LogP contribution is -2.64. The lowest BCUT2D eigenvalue weighted by molar-refractivity contribution is 0.0274. The molecular formula is C17H24N4O2S. The lowest BCUT2D eigenvalue weighted by atomic mass is 10.0. The Kier molecular flexibility index (Phi) is 3.89. The van der Waals surface area contributed by atoms with Crippen molar-refractivity contribution in [3.05, 3.63) is 29.8 Å². The van der Waals surface area contributed by atoms with E-state index < -0.39 is 10.0 Å². The van der Waals surface area contributed by atoms with Crippen molar-refractivity contribution in [3.63, 3.8) is 0 Å². The number of likely N-dealkylation sites (tertiary alicyclic amines) is 1. The zero-order valence-corrected chi connectivity index (χ0v) is 15.0. The van der Waals surface area contributed by atoms with Gasteiger partial charge in [0.15, 0.2) is 5.84 Å². The molecule has 3 aliphatic heterocycles. The molecule has 3 heterocycles. The van der Waals surface area contributed by atoms with Gasteiger partial charge in [0.05, 0.1) is 0 Å². The topological polar surface area (TPSA) is 56.2 Å². The van der Waals surface area contributed by atoms with Gasteiger partial charge in [-0.1, -0.05) is 12.1 Å². The summed E-state index contributed by atoms with van der Waals surface area (Å²) in [6.07, 6.45) is 0. The molecule has 1 aromatic carbocycles. The van der Waals surface area contributed by atoms with Crippen LogP contribution in [-0.4, -0.2) is 80.3 Å². The van der Waals surface area contributed by atoms with Crippen molar-refractivity contribution in [3.8, 4) is 0 Å². The number of hydrogen-bond acceptors (Lipinski definition) is 5. The van der Waals surface area contributed by atoms with E-state index in [-0.39, 0.29) is 0 Å². The van der Waals surface area contributed by atoms with E-state index in [1.807, 2.05) is 12.1 Å². The summed E-state index contributed by atoms with van der Waals surface area (Å²) in [6, 6.07) is 8.24. The molecule has 130 valence electrons. The number of rotatable bonds is 2. The van der Waals surface area contributed by atoms with Crippen molar-refractivity contribution in [1.29, 1.82) is 0 Å². The number of piperazine rings is 1. The van der Waals surface area contributed by atoms with Gasteiger partial charge in [-0.3, -0.25) is 9.80 Å². The van der Waals surface area contributed by atoms with Crippen LogP contribution >= 0.6 is 0 Å². The van der Waals surface area contributed by atoms with Crippen LogP contribution in [0.5, 0.6) is 0 Å². The van der Waals surface area contributed by atoms with Crippen LogP contribution in [0.2, 0.25) is 0 Å². The summed E-state index contributed by atoms with van der Waals surface area (Å²) in [5.74, 6) is 0.627. The van der Waals surface area contributed by atoms with E-state index in [1.165, 1.54) is 0 Å². The second-order valence-corrected chi connectivity index (χ2v) is 8.68. The largest absolute Gasteiger partial charge is 0.352 e. The van der Waals surface area contributed by atoms with Gasteiger partial charge in [0, 0.05) is 56.9 Å². The van der Waals surface area contributed by atoms with Crippen LogP contribution in [0, 0.1) is 0 Å². The van der Waals surface area contributed by atoms with E-state index >= 15 is 0 Å². The Balaban J connectivity index is 1.41. The molecule has 0 aromatic heterocycles. The molecule has 0 N–H and O–H groups in total. The molecule has 0 bridgehead atoms. The van der Waals surface area contributed by atoms with Crippen LogP contribution in [0.25, 0.3) is 0 Å². The molecule has 0 spiro atoms. The molecule has 6 nitrogen and oxygen atoms in total. The van der Waals surface area contributed by atoms with Gasteiger partial charge < -0.3 is 4.90 Å². The van der Waals surface area contributed by atoms with E-state index in [2.05, 4.69) is 32.9 Å². The molecule has 1 aromatic rings. The van der Waals surface area contributed by atoms with Crippen molar-refractivity contribution in [2.45, 2.75) is 30.8 Å². The zero-order valence-electron chi connectivity index (χ0n) is 14.2. The first-order valence-corrected chi connectivity index (χ1v) is 10.1. The molecule has 4 rings (SSSR count). The summed E-state index contributed by atoms with van der Waals surface area (Å²) in [6.45, 7) is 10.7. The van der Waals surface area contributed by atoms with Crippen molar-refractivity contribution in [1.82, 2.24) is 14.7 Å². The van der Waals surface area contributed by atoms with E-state index in [0.29, 0.717) is 22.8 Å². The average molecular weight is 348 g/mol. The normalized spacial score (nSPS) is 24.8. The zero-order chi connectivity index (χ0) is 16.9. The Morgan fingerprint density at radius 3 is 2.42 bits per heavy atom. The Labute approximate surface area is 143 Å². The highest BCUT2D eigenvalue weighted by atomic mass is 32.2. The van der Waals surface area contributed by atoms with Crippen molar-refractivity contribution < 1.29 is 8.42 Å². The third kappa shape index (κ3) is 2.64. The van der Waals surface area contributed by atoms with E-state index in [0.717, 1.165) is 44.8 Å². The number of sulfonamides is 1. The first kappa shape index (κ1) is 16.1. The smallest absolute Gasteiger partial charge is 0.285 e. The minimum atomic E-state index is -3.51. The molecule has 7 heteroatoms. The minimum Gasteiger partial charge on any atom is -0.352 e. The summed E-state index contributed by atoms with van der Waals surface area (Å²) in [5, 5.41) is 0. The highest BCUT2D eigenvalue weighted by molar-refractivity contribution is 7.90. The van der Waals surface area contributed by atoms with E-state index in [9.17, 15) is 8.42 Å². The molecule has 24 heavy (non-hydrogen) atoms. The maximum atomic E-state index is 12.2. The van der Waals surface area contributed by atoms with Crippen LogP contribution in [0.3, 0.4) is 0 Å². The number of fused-ring (bicyclic) bond motifs is 1. The van der Waals surface area contributed by atoms with Gasteiger partial charge in [-0.2, -0.15) is 8.42 Å². The standard InChI is InChI=1S/C17H24N4O2S/c1-13(2)19-7-9-20(10-8-19)14-11-21(12-14)17-15-5-3-4-6-16(15)24(22,23)18-17/h3-6,13-14H,7-12H2,1-2H3. The molecule has 3 aliphatic rings. The van der Waals surface area contributed by atoms with Gasteiger partial charge in [-0.05, 0) is 26.0 Å². The summed E-state index contributed by atoms with van der Waals surface area (Å²) < 4.78 is 28.3. The van der Waals surface area contributed by atoms with Gasteiger partial charge >= 0.3 is 0 Å². The van der Waals surface area contributed by atoms with Crippen LogP contribution in [0.1, 0.15) is 19.4 Å². The van der Waals surface area contributed by atoms with Crippen LogP contribution in [0.15, 0.2) is 33.6 Å². The summed E-state index contributed by atoms with van der Waals surface area (Å²) in [4.78, 5) is 7.49. The number of benzene rings is 1. The van der Waals surface area contributed by atoms with Crippen molar-refractivity contribution >= 4 is 15.9 Å². The predicted molar refractivity (Wildman–Crippen MR) is 93.8 cm³/mol. The minimum absolute atomic E-state index is 0.342. The monoisotopic (exact) mass is 348 g/mol. The number of nitrogens with zero attached hydrogens (tertiary/aromatic N) is 4. The maximum Gasteiger partial charge on any atom is 0.285 e. The first-order valence-electron chi connectivity index (χ1n) is 8.63. The Hall–Kier alpha value is -1.44. The number of amidine groups is 1. The van der Waals surface area contributed by atoms with Gasteiger partial charge in [-0.25, -0.2) is 0 Å². The molecule has 0 radical (unpaired) electrons. The Morgan fingerprint density at radius 1 is 1.08 bits per heavy atom. The highest BCUT2D eigenvalue weighted by Crippen LogP contribution is 2.30. The quantitative estimate of drug-likeness (QED) is 0.793. The summed E-state index contributed by atoms with van der Waals surface area (Å²) in [5.41, 5.74) is 0.751. The maximum absolute atomic E-state index is 12.2. The third-order valence-electron chi connectivity index (χ3n) is 5.37. The third-order valence-corrected chi connectivity index (χ3v) is 6.69. The Bertz CT molecular complexity index is 761. The average Bonchev–Trinajstić information content (AvgIpc) is 2.79. The van der Waals surface area contributed by atoms with E-state index in [1.54, 1.807) is 12.1 Å². The fraction of sp³-hybridized carbons (Fsp3) is 0.588. The number of hydrogen-bond donors (Lipinski definition) is 0. The first-order chi connectivity index (χ1) is 11.5. The lowest BCUT2D eigenvalue weighted by Gasteiger charge is -2.49. The predicted octanol–water partition coefficient (Wildman–Crippen LogP) is 0.846. The SMILES string of the molecule is CC(C)N1CCN(C2CN(C3=NS(=O)(=O)c4ccccc43)C2)CC1. The van der Waals surface area contributed by atoms with Crippen LogP contribution in [-0.2, 0) is 10.0 Å². The molecule has 0 aliphatic carbocycles. The summed E-state index contributed by atoms with van der Waals surface area (Å²) in [7, 11) is -3.51. The fourth-order valence-electron chi connectivity index (χ4n) is 3.79. The molecule has 0 unspecified atom stereocenters. The molecule has 0 saturated carbocycles. The van der Waals surface area contributed by atoms with Gasteiger partial charge in [0.1, 0.15) is 4.90 Å².